The molecule has 0 unspecified atom stereocenters. The standard InChI is InChI=1S/C20H17N3O9/c1-31-18-9-15(23(29)30)5-6-16(18)21-10-13(8-19(21)25)20(26)32-11-17(24)12-3-2-4-14(7-12)22(27)28/h2-7,9,13H,8,10-11H2,1H3/t13-/m0/s1. The fourth-order valence-corrected chi connectivity index (χ4v) is 3.23. The average Bonchev–Trinajstić information content (AvgIpc) is 3.18. The zero-order valence-corrected chi connectivity index (χ0v) is 16.8. The van der Waals surface area contributed by atoms with Crippen LogP contribution < -0.4 is 9.64 Å². The van der Waals surface area contributed by atoms with Crippen molar-refractivity contribution in [3.05, 3.63) is 68.3 Å². The third-order valence-corrected chi connectivity index (χ3v) is 4.85. The number of non-ortho nitro benzene ring substituents is 2. The molecule has 0 aliphatic carbocycles. The van der Waals surface area contributed by atoms with Crippen LogP contribution in [0.25, 0.3) is 0 Å². The van der Waals surface area contributed by atoms with Gasteiger partial charge in [-0.25, -0.2) is 0 Å². The maximum absolute atomic E-state index is 12.4. The summed E-state index contributed by atoms with van der Waals surface area (Å²) in [6, 6.07) is 8.77. The normalized spacial score (nSPS) is 15.3. The minimum Gasteiger partial charge on any atom is -0.494 e. The summed E-state index contributed by atoms with van der Waals surface area (Å²) in [7, 11) is 1.30. The summed E-state index contributed by atoms with van der Waals surface area (Å²) in [5.74, 6) is -2.58. The summed E-state index contributed by atoms with van der Waals surface area (Å²) in [6.45, 7) is -0.692. The fourth-order valence-electron chi connectivity index (χ4n) is 3.23. The molecular weight excluding hydrogens is 426 g/mol. The number of nitro benzene ring substituents is 2. The smallest absolute Gasteiger partial charge is 0.311 e. The molecule has 3 rings (SSSR count). The lowest BCUT2D eigenvalue weighted by molar-refractivity contribution is -0.385. The molecule has 12 nitrogen and oxygen atoms in total. The SMILES string of the molecule is COc1cc([N+](=O)[O-])ccc1N1C[C@@H](C(=O)OCC(=O)c2cccc([N+](=O)[O-])c2)CC1=O. The highest BCUT2D eigenvalue weighted by molar-refractivity contribution is 6.02. The molecule has 2 aromatic carbocycles. The highest BCUT2D eigenvalue weighted by Crippen LogP contribution is 2.36. The summed E-state index contributed by atoms with van der Waals surface area (Å²) in [5.41, 5.74) is -0.193. The first-order valence-electron chi connectivity index (χ1n) is 9.28. The van der Waals surface area contributed by atoms with E-state index in [2.05, 4.69) is 0 Å². The second-order valence-corrected chi connectivity index (χ2v) is 6.86. The van der Waals surface area contributed by atoms with Crippen LogP contribution >= 0.6 is 0 Å². The van der Waals surface area contributed by atoms with Crippen LogP contribution in [0.3, 0.4) is 0 Å². The second-order valence-electron chi connectivity index (χ2n) is 6.86. The number of carbonyl (C=O) groups excluding carboxylic acids is 3. The molecule has 1 atom stereocenters. The van der Waals surface area contributed by atoms with Gasteiger partial charge in [0, 0.05) is 36.7 Å². The van der Waals surface area contributed by atoms with E-state index in [0.717, 1.165) is 6.07 Å². The maximum atomic E-state index is 12.4. The molecule has 1 aliphatic rings. The van der Waals surface area contributed by atoms with Gasteiger partial charge in [-0.15, -0.1) is 0 Å². The van der Waals surface area contributed by atoms with Gasteiger partial charge in [0.05, 0.1) is 34.6 Å². The second kappa shape index (κ2) is 9.20. The molecule has 166 valence electrons. The Morgan fingerprint density at radius 1 is 1.09 bits per heavy atom. The van der Waals surface area contributed by atoms with E-state index in [0.29, 0.717) is 0 Å². The van der Waals surface area contributed by atoms with Crippen LogP contribution in [-0.2, 0) is 14.3 Å². The van der Waals surface area contributed by atoms with E-state index < -0.39 is 40.0 Å². The first-order valence-corrected chi connectivity index (χ1v) is 9.28. The molecule has 32 heavy (non-hydrogen) atoms. The van der Waals surface area contributed by atoms with Gasteiger partial charge in [-0.2, -0.15) is 0 Å². The van der Waals surface area contributed by atoms with Crippen molar-refractivity contribution in [2.24, 2.45) is 5.92 Å². The highest BCUT2D eigenvalue weighted by Gasteiger charge is 2.37. The van der Waals surface area contributed by atoms with E-state index in [1.54, 1.807) is 0 Å². The van der Waals surface area contributed by atoms with E-state index in [-0.39, 0.29) is 41.3 Å². The van der Waals surface area contributed by atoms with E-state index >= 15 is 0 Å². The molecule has 0 radical (unpaired) electrons. The number of nitro groups is 2. The first kappa shape index (κ1) is 22.3. The van der Waals surface area contributed by atoms with Gasteiger partial charge in [-0.05, 0) is 6.07 Å². The van der Waals surface area contributed by atoms with Crippen molar-refractivity contribution in [3.63, 3.8) is 0 Å². The number of Topliss-reactive ketones (excluding diaryl/α,β-unsaturated/α-hetero) is 1. The molecule has 1 saturated heterocycles. The summed E-state index contributed by atoms with van der Waals surface area (Å²) in [4.78, 5) is 58.8. The van der Waals surface area contributed by atoms with Gasteiger partial charge < -0.3 is 14.4 Å². The molecule has 1 fully saturated rings. The van der Waals surface area contributed by atoms with Gasteiger partial charge in [0.2, 0.25) is 11.7 Å². The van der Waals surface area contributed by atoms with Crippen LogP contribution in [0.15, 0.2) is 42.5 Å². The van der Waals surface area contributed by atoms with Crippen molar-refractivity contribution < 1.29 is 33.7 Å². The Balaban J connectivity index is 1.65. The van der Waals surface area contributed by atoms with Crippen molar-refractivity contribution >= 4 is 34.7 Å². The van der Waals surface area contributed by atoms with Gasteiger partial charge >= 0.3 is 5.97 Å². The average molecular weight is 443 g/mol. The van der Waals surface area contributed by atoms with Crippen molar-refractivity contribution in [1.29, 1.82) is 0 Å². The van der Waals surface area contributed by atoms with Gasteiger partial charge in [-0.1, -0.05) is 12.1 Å². The minimum atomic E-state index is -0.861. The lowest BCUT2D eigenvalue weighted by Crippen LogP contribution is -2.27. The summed E-state index contributed by atoms with van der Waals surface area (Å²) < 4.78 is 10.2. The maximum Gasteiger partial charge on any atom is 0.311 e. The van der Waals surface area contributed by atoms with Gasteiger partial charge in [0.15, 0.2) is 6.61 Å². The van der Waals surface area contributed by atoms with E-state index in [4.69, 9.17) is 9.47 Å². The molecule has 1 amide bonds. The van der Waals surface area contributed by atoms with Crippen molar-refractivity contribution in [3.8, 4) is 5.75 Å². The molecule has 0 saturated carbocycles. The molecule has 1 heterocycles. The monoisotopic (exact) mass is 443 g/mol. The van der Waals surface area contributed by atoms with Crippen LogP contribution in [0.2, 0.25) is 0 Å². The van der Waals surface area contributed by atoms with E-state index in [1.807, 2.05) is 0 Å². The first-order chi connectivity index (χ1) is 15.2. The molecule has 2 aromatic rings. The lowest BCUT2D eigenvalue weighted by Gasteiger charge is -2.19. The Labute approximate surface area is 180 Å². The predicted molar refractivity (Wildman–Crippen MR) is 108 cm³/mol. The van der Waals surface area contributed by atoms with Crippen LogP contribution in [0, 0.1) is 26.1 Å². The quantitative estimate of drug-likeness (QED) is 0.258. The summed E-state index contributed by atoms with van der Waals surface area (Å²) in [5, 5.41) is 21.8. The number of amides is 1. The fraction of sp³-hybridized carbons (Fsp3) is 0.250. The van der Waals surface area contributed by atoms with Gasteiger partial charge in [0.1, 0.15) is 5.75 Å². The van der Waals surface area contributed by atoms with Crippen molar-refractivity contribution in [2.75, 3.05) is 25.2 Å². The molecule has 1 aliphatic heterocycles. The third-order valence-electron chi connectivity index (χ3n) is 4.85. The van der Waals surface area contributed by atoms with Crippen molar-refractivity contribution in [1.82, 2.24) is 0 Å². The number of ether oxygens (including phenoxy) is 2. The Kier molecular flexibility index (Phi) is 6.42. The van der Waals surface area contributed by atoms with Crippen LogP contribution in [0.1, 0.15) is 16.8 Å². The number of hydrogen-bond donors (Lipinski definition) is 0. The molecule has 0 aromatic heterocycles. The number of methoxy groups -OCH3 is 1. The number of rotatable bonds is 8. The largest absolute Gasteiger partial charge is 0.494 e. The highest BCUT2D eigenvalue weighted by atomic mass is 16.6. The van der Waals surface area contributed by atoms with Crippen LogP contribution in [0.5, 0.6) is 5.75 Å². The number of ketones is 1. The molecule has 12 heteroatoms. The number of anilines is 1. The topological polar surface area (TPSA) is 159 Å². The number of hydrogen-bond acceptors (Lipinski definition) is 9. The Bertz CT molecular complexity index is 1120. The predicted octanol–water partition coefficient (Wildman–Crippen LogP) is 2.29. The van der Waals surface area contributed by atoms with Crippen LogP contribution in [-0.4, -0.2) is 47.8 Å². The number of carbonyl (C=O) groups is 3. The third kappa shape index (κ3) is 4.69. The summed E-state index contributed by atoms with van der Waals surface area (Å²) >= 11 is 0. The summed E-state index contributed by atoms with van der Waals surface area (Å²) in [6.07, 6.45) is -0.177. The van der Waals surface area contributed by atoms with Gasteiger partial charge in [-0.3, -0.25) is 34.6 Å². The number of nitrogens with zero attached hydrogens (tertiary/aromatic N) is 3. The molecule has 0 bridgehead atoms. The lowest BCUT2D eigenvalue weighted by atomic mass is 10.1. The molecule has 0 N–H and O–H groups in total. The Hall–Kier alpha value is -4.35. The van der Waals surface area contributed by atoms with Gasteiger partial charge in [0.25, 0.3) is 11.4 Å². The van der Waals surface area contributed by atoms with E-state index in [1.165, 1.54) is 48.4 Å². The van der Waals surface area contributed by atoms with Crippen molar-refractivity contribution in [2.45, 2.75) is 6.42 Å². The van der Waals surface area contributed by atoms with E-state index in [9.17, 15) is 34.6 Å². The Morgan fingerprint density at radius 3 is 2.44 bits per heavy atom. The number of esters is 1. The Morgan fingerprint density at radius 2 is 1.78 bits per heavy atom. The zero-order valence-electron chi connectivity index (χ0n) is 16.8. The number of benzene rings is 2. The zero-order chi connectivity index (χ0) is 23.4. The molecule has 0 spiro atoms. The molecular formula is C20H17N3O9. The minimum absolute atomic E-state index is 0.0201. The van der Waals surface area contributed by atoms with Crippen LogP contribution in [0.4, 0.5) is 17.1 Å².